The van der Waals surface area contributed by atoms with Gasteiger partial charge in [-0.25, -0.2) is 0 Å². The maximum atomic E-state index is 2.80. The minimum absolute atomic E-state index is 0.952. The van der Waals surface area contributed by atoms with Crippen molar-refractivity contribution in [1.29, 1.82) is 0 Å². The second-order valence-corrected chi connectivity index (χ2v) is 6.17. The Hall–Kier alpha value is -0.0400. The molecule has 1 aliphatic heterocycles. The van der Waals surface area contributed by atoms with Gasteiger partial charge in [-0.3, -0.25) is 0 Å². The van der Waals surface area contributed by atoms with E-state index in [-0.39, 0.29) is 0 Å². The van der Waals surface area contributed by atoms with Gasteiger partial charge < -0.3 is 4.90 Å². The lowest BCUT2D eigenvalue weighted by atomic mass is 9.69. The van der Waals surface area contributed by atoms with Gasteiger partial charge in [0.1, 0.15) is 0 Å². The molecule has 1 heteroatoms. The predicted molar refractivity (Wildman–Crippen MR) is 68.2 cm³/mol. The van der Waals surface area contributed by atoms with Crippen LogP contribution in [0.1, 0.15) is 57.8 Å². The van der Waals surface area contributed by atoms with Gasteiger partial charge in [0.25, 0.3) is 0 Å². The van der Waals surface area contributed by atoms with Crippen molar-refractivity contribution in [3.05, 3.63) is 6.42 Å². The van der Waals surface area contributed by atoms with E-state index in [1.165, 1.54) is 58.0 Å². The molecular weight excluding hydrogens is 194 g/mol. The van der Waals surface area contributed by atoms with E-state index >= 15 is 0 Å². The molecule has 3 atom stereocenters. The van der Waals surface area contributed by atoms with E-state index in [1.807, 2.05) is 0 Å². The zero-order chi connectivity index (χ0) is 10.8. The van der Waals surface area contributed by atoms with E-state index in [9.17, 15) is 0 Å². The van der Waals surface area contributed by atoms with E-state index in [4.69, 9.17) is 0 Å². The van der Waals surface area contributed by atoms with Crippen LogP contribution in [0, 0.1) is 18.3 Å². The summed E-state index contributed by atoms with van der Waals surface area (Å²) in [5, 5.41) is 0. The molecule has 1 nitrogen and oxygen atoms in total. The highest BCUT2D eigenvalue weighted by atomic mass is 15.2. The normalized spacial score (nSPS) is 41.6. The number of likely N-dealkylation sites (tertiary alicyclic amines) is 1. The fraction of sp³-hybridized carbons (Fsp3) is 0.933. The molecule has 0 bridgehead atoms. The molecule has 3 rings (SSSR count). The van der Waals surface area contributed by atoms with Gasteiger partial charge in [-0.1, -0.05) is 25.7 Å². The summed E-state index contributed by atoms with van der Waals surface area (Å²) in [6.07, 6.45) is 15.8. The van der Waals surface area contributed by atoms with Crippen LogP contribution in [0.2, 0.25) is 0 Å². The highest BCUT2D eigenvalue weighted by Crippen LogP contribution is 2.42. The molecule has 1 unspecified atom stereocenters. The minimum Gasteiger partial charge on any atom is -0.300 e. The number of fused-ring (bicyclic) bond motifs is 1. The van der Waals surface area contributed by atoms with Crippen molar-refractivity contribution in [1.82, 2.24) is 4.90 Å². The Labute approximate surface area is 101 Å². The summed E-state index contributed by atoms with van der Waals surface area (Å²) in [5.41, 5.74) is 0. The fourth-order valence-corrected chi connectivity index (χ4v) is 4.32. The van der Waals surface area contributed by atoms with Crippen LogP contribution < -0.4 is 0 Å². The Kier molecular flexibility index (Phi) is 3.51. The molecule has 1 radical (unpaired) electrons. The zero-order valence-electron chi connectivity index (χ0n) is 10.5. The molecule has 91 valence electrons. The molecule has 3 fully saturated rings. The van der Waals surface area contributed by atoms with Crippen molar-refractivity contribution in [3.63, 3.8) is 0 Å². The van der Waals surface area contributed by atoms with Crippen molar-refractivity contribution in [3.8, 4) is 0 Å². The van der Waals surface area contributed by atoms with E-state index in [2.05, 4.69) is 11.3 Å². The first-order chi connectivity index (χ1) is 7.93. The molecule has 3 aliphatic rings. The molecule has 16 heavy (non-hydrogen) atoms. The summed E-state index contributed by atoms with van der Waals surface area (Å²) in [6.45, 7) is 2.70. The standard InChI is InChI=1S/C15H26N/c1-4-10-16(11-5-1)15-9-8-13-6-2-3-7-14(13)12-15/h1,13-15H,2-12H2/t13-,14?,15+/m0/s1. The van der Waals surface area contributed by atoms with Gasteiger partial charge in [-0.05, 0) is 63.5 Å². The molecule has 0 aromatic heterocycles. The van der Waals surface area contributed by atoms with Crippen molar-refractivity contribution >= 4 is 0 Å². The van der Waals surface area contributed by atoms with Crippen LogP contribution in [0.4, 0.5) is 0 Å². The van der Waals surface area contributed by atoms with Crippen LogP contribution >= 0.6 is 0 Å². The monoisotopic (exact) mass is 220 g/mol. The quantitative estimate of drug-likeness (QED) is 0.652. The van der Waals surface area contributed by atoms with Gasteiger partial charge in [-0.15, -0.1) is 0 Å². The smallest absolute Gasteiger partial charge is 0.00981 e. The van der Waals surface area contributed by atoms with Crippen LogP contribution in [-0.2, 0) is 0 Å². The summed E-state index contributed by atoms with van der Waals surface area (Å²) in [7, 11) is 0. The molecule has 0 spiro atoms. The third-order valence-corrected chi connectivity index (χ3v) is 5.27. The number of rotatable bonds is 1. The number of hydrogen-bond donors (Lipinski definition) is 0. The van der Waals surface area contributed by atoms with Gasteiger partial charge in [0.15, 0.2) is 0 Å². The Morgan fingerprint density at radius 1 is 0.812 bits per heavy atom. The molecule has 1 heterocycles. The zero-order valence-corrected chi connectivity index (χ0v) is 10.5. The van der Waals surface area contributed by atoms with E-state index in [0.717, 1.165) is 17.9 Å². The summed E-state index contributed by atoms with van der Waals surface area (Å²) in [6, 6.07) is 0.952. The van der Waals surface area contributed by atoms with Gasteiger partial charge in [0.05, 0.1) is 0 Å². The summed E-state index contributed by atoms with van der Waals surface area (Å²) in [5.74, 6) is 2.21. The molecule has 2 saturated carbocycles. The number of nitrogens with zero attached hydrogens (tertiary/aromatic N) is 1. The van der Waals surface area contributed by atoms with E-state index < -0.39 is 0 Å². The molecule has 0 N–H and O–H groups in total. The summed E-state index contributed by atoms with van der Waals surface area (Å²) in [4.78, 5) is 2.80. The molecule has 0 aromatic rings. The summed E-state index contributed by atoms with van der Waals surface area (Å²) >= 11 is 0. The minimum atomic E-state index is 0.952. The first-order valence-corrected chi connectivity index (χ1v) is 7.49. The van der Waals surface area contributed by atoms with E-state index in [0.29, 0.717) is 0 Å². The van der Waals surface area contributed by atoms with Gasteiger partial charge in [0.2, 0.25) is 0 Å². The van der Waals surface area contributed by atoms with Crippen molar-refractivity contribution < 1.29 is 0 Å². The molecule has 2 aliphatic carbocycles. The number of piperidine rings is 1. The highest BCUT2D eigenvalue weighted by molar-refractivity contribution is 4.89. The van der Waals surface area contributed by atoms with Crippen LogP contribution in [0.3, 0.4) is 0 Å². The first kappa shape index (κ1) is 11.1. The molecule has 0 aromatic carbocycles. The average molecular weight is 220 g/mol. The SMILES string of the molecule is [CH]1CCN([C@@H]2CC[C@@H]3CCCCC3C2)CC1. The van der Waals surface area contributed by atoms with Crippen LogP contribution in [0.5, 0.6) is 0 Å². The average Bonchev–Trinajstić information content (AvgIpc) is 2.39. The number of hydrogen-bond acceptors (Lipinski definition) is 1. The maximum Gasteiger partial charge on any atom is 0.00981 e. The molecule has 1 saturated heterocycles. The van der Waals surface area contributed by atoms with Gasteiger partial charge >= 0.3 is 0 Å². The van der Waals surface area contributed by atoms with E-state index in [1.54, 1.807) is 12.8 Å². The first-order valence-electron chi connectivity index (χ1n) is 7.49. The third-order valence-electron chi connectivity index (χ3n) is 5.27. The Morgan fingerprint density at radius 2 is 1.56 bits per heavy atom. The predicted octanol–water partition coefficient (Wildman–Crippen LogP) is 3.65. The second kappa shape index (κ2) is 5.08. The fourth-order valence-electron chi connectivity index (χ4n) is 4.32. The topological polar surface area (TPSA) is 3.24 Å². The lowest BCUT2D eigenvalue weighted by Crippen LogP contribution is -2.44. The van der Waals surface area contributed by atoms with Crippen molar-refractivity contribution in [2.24, 2.45) is 11.8 Å². The molecule has 0 amide bonds. The van der Waals surface area contributed by atoms with Gasteiger partial charge in [0, 0.05) is 6.04 Å². The van der Waals surface area contributed by atoms with Crippen molar-refractivity contribution in [2.45, 2.75) is 63.8 Å². The van der Waals surface area contributed by atoms with Crippen LogP contribution in [-0.4, -0.2) is 24.0 Å². The van der Waals surface area contributed by atoms with Crippen LogP contribution in [0.15, 0.2) is 0 Å². The Bertz CT molecular complexity index is 217. The van der Waals surface area contributed by atoms with Crippen molar-refractivity contribution in [2.75, 3.05) is 13.1 Å². The second-order valence-electron chi connectivity index (χ2n) is 6.17. The lowest BCUT2D eigenvalue weighted by molar-refractivity contribution is 0.0687. The highest BCUT2D eigenvalue weighted by Gasteiger charge is 2.34. The third kappa shape index (κ3) is 2.30. The Morgan fingerprint density at radius 3 is 2.38 bits per heavy atom. The van der Waals surface area contributed by atoms with Gasteiger partial charge in [-0.2, -0.15) is 0 Å². The maximum absolute atomic E-state index is 2.80. The molecular formula is C15H26N. The largest absolute Gasteiger partial charge is 0.300 e. The Balaban J connectivity index is 1.57. The van der Waals surface area contributed by atoms with Crippen LogP contribution in [0.25, 0.3) is 0 Å². The lowest BCUT2D eigenvalue weighted by Gasteiger charge is -2.44. The summed E-state index contributed by atoms with van der Waals surface area (Å²) < 4.78 is 0.